The zero-order valence-electron chi connectivity index (χ0n) is 24.3. The lowest BCUT2D eigenvalue weighted by Gasteiger charge is -2.25. The predicted molar refractivity (Wildman–Crippen MR) is 163 cm³/mol. The molecule has 10 N–H and O–H groups in total. The zero-order chi connectivity index (χ0) is 32.1. The normalized spacial score (nSPS) is 13.8. The van der Waals surface area contributed by atoms with Crippen LogP contribution in [0, 0.1) is 0 Å². The van der Waals surface area contributed by atoms with Crippen LogP contribution >= 0.6 is 0 Å². The van der Waals surface area contributed by atoms with Gasteiger partial charge >= 0.3 is 11.9 Å². The Balaban J connectivity index is 1.82. The Morgan fingerprint density at radius 2 is 1.39 bits per heavy atom. The van der Waals surface area contributed by atoms with Crippen molar-refractivity contribution in [3.05, 3.63) is 71.9 Å². The van der Waals surface area contributed by atoms with Gasteiger partial charge in [-0.15, -0.1) is 0 Å². The summed E-state index contributed by atoms with van der Waals surface area (Å²) in [7, 11) is 0. The topological polar surface area (TPSA) is 230 Å². The van der Waals surface area contributed by atoms with E-state index in [4.69, 9.17) is 16.6 Å². The Kier molecular flexibility index (Phi) is 12.9. The smallest absolute Gasteiger partial charge is 0.326 e. The Bertz CT molecular complexity index is 1430. The van der Waals surface area contributed by atoms with Crippen LogP contribution < -0.4 is 27.4 Å². The van der Waals surface area contributed by atoms with Crippen LogP contribution in [-0.4, -0.2) is 75.6 Å². The van der Waals surface area contributed by atoms with E-state index in [1.807, 2.05) is 54.6 Å². The van der Waals surface area contributed by atoms with E-state index in [1.165, 1.54) is 0 Å². The molecule has 1 aromatic heterocycles. The molecule has 0 spiro atoms. The first-order valence-electron chi connectivity index (χ1n) is 14.5. The van der Waals surface area contributed by atoms with Crippen molar-refractivity contribution in [2.24, 2.45) is 11.5 Å². The molecule has 13 nitrogen and oxygen atoms in total. The standard InChI is InChI=1S/C31H40N6O7/c32-15-7-6-12-24(35-28(40)22(33)16-19-8-2-1-3-9-19)29(41)37-26(17-20-18-34-23-11-5-4-10-21(20)23)30(42)36-25(31(43)44)13-14-27(38)39/h1-5,8-11,18,22,24-26,34H,6-7,12-17,32-33H2,(H,35,40)(H,36,42)(H,37,41)(H,38,39)(H,43,44). The largest absolute Gasteiger partial charge is 0.481 e. The quantitative estimate of drug-likeness (QED) is 0.0954. The molecule has 0 fully saturated rings. The Morgan fingerprint density at radius 1 is 0.750 bits per heavy atom. The number of amides is 3. The van der Waals surface area contributed by atoms with E-state index in [2.05, 4.69) is 20.9 Å². The second kappa shape index (κ2) is 16.8. The molecule has 3 rings (SSSR count). The van der Waals surface area contributed by atoms with Gasteiger partial charge in [0.05, 0.1) is 6.04 Å². The van der Waals surface area contributed by atoms with Gasteiger partial charge in [-0.3, -0.25) is 19.2 Å². The summed E-state index contributed by atoms with van der Waals surface area (Å²) in [6.45, 7) is 0.383. The number of aliphatic carboxylic acids is 2. The lowest BCUT2D eigenvalue weighted by molar-refractivity contribution is -0.143. The summed E-state index contributed by atoms with van der Waals surface area (Å²) in [5.41, 5.74) is 14.1. The minimum absolute atomic E-state index is 0.0101. The van der Waals surface area contributed by atoms with Crippen LogP contribution in [0.15, 0.2) is 60.8 Å². The van der Waals surface area contributed by atoms with Crippen LogP contribution in [-0.2, 0) is 36.8 Å². The van der Waals surface area contributed by atoms with E-state index < -0.39 is 60.2 Å². The third-order valence-corrected chi connectivity index (χ3v) is 7.21. The molecule has 236 valence electrons. The molecule has 0 saturated heterocycles. The summed E-state index contributed by atoms with van der Waals surface area (Å²) < 4.78 is 0. The number of carboxylic acids is 2. The summed E-state index contributed by atoms with van der Waals surface area (Å²) in [6, 6.07) is 11.8. The van der Waals surface area contributed by atoms with Crippen molar-refractivity contribution < 1.29 is 34.2 Å². The van der Waals surface area contributed by atoms with Crippen LogP contribution in [0.1, 0.15) is 43.2 Å². The molecule has 4 atom stereocenters. The molecule has 3 aromatic rings. The maximum absolute atomic E-state index is 13.6. The number of nitrogens with two attached hydrogens (primary N) is 2. The van der Waals surface area contributed by atoms with Crippen molar-refractivity contribution >= 4 is 40.6 Å². The fraction of sp³-hybridized carbons (Fsp3) is 0.387. The number of carbonyl (C=O) groups excluding carboxylic acids is 3. The van der Waals surface area contributed by atoms with Crippen LogP contribution in [0.5, 0.6) is 0 Å². The number of fused-ring (bicyclic) bond motifs is 1. The molecular formula is C31H40N6O7. The second-order valence-corrected chi connectivity index (χ2v) is 10.6. The predicted octanol–water partition coefficient (Wildman–Crippen LogP) is 0.813. The zero-order valence-corrected chi connectivity index (χ0v) is 24.3. The molecular weight excluding hydrogens is 568 g/mol. The summed E-state index contributed by atoms with van der Waals surface area (Å²) >= 11 is 0. The fourth-order valence-electron chi connectivity index (χ4n) is 4.80. The van der Waals surface area contributed by atoms with Gasteiger partial charge in [-0.1, -0.05) is 48.5 Å². The first-order valence-corrected chi connectivity index (χ1v) is 14.5. The van der Waals surface area contributed by atoms with Crippen molar-refractivity contribution in [3.63, 3.8) is 0 Å². The molecule has 44 heavy (non-hydrogen) atoms. The van der Waals surface area contributed by atoms with Crippen molar-refractivity contribution in [2.45, 2.75) is 69.1 Å². The van der Waals surface area contributed by atoms with Gasteiger partial charge in [0, 0.05) is 29.9 Å². The highest BCUT2D eigenvalue weighted by molar-refractivity contribution is 5.95. The van der Waals surface area contributed by atoms with E-state index in [9.17, 15) is 29.1 Å². The van der Waals surface area contributed by atoms with E-state index in [1.54, 1.807) is 6.20 Å². The maximum Gasteiger partial charge on any atom is 0.326 e. The molecule has 0 aliphatic carbocycles. The van der Waals surface area contributed by atoms with Crippen LogP contribution in [0.4, 0.5) is 0 Å². The molecule has 1 heterocycles. The fourth-order valence-corrected chi connectivity index (χ4v) is 4.80. The molecule has 0 bridgehead atoms. The lowest BCUT2D eigenvalue weighted by Crippen LogP contribution is -2.57. The number of benzene rings is 2. The van der Waals surface area contributed by atoms with Gasteiger partial charge in [0.25, 0.3) is 0 Å². The highest BCUT2D eigenvalue weighted by atomic mass is 16.4. The minimum atomic E-state index is -1.49. The molecule has 0 radical (unpaired) electrons. The summed E-state index contributed by atoms with van der Waals surface area (Å²) in [5.74, 6) is -4.63. The average molecular weight is 609 g/mol. The van der Waals surface area contributed by atoms with Crippen molar-refractivity contribution in [3.8, 4) is 0 Å². The van der Waals surface area contributed by atoms with Crippen LogP contribution in [0.3, 0.4) is 0 Å². The third-order valence-electron chi connectivity index (χ3n) is 7.21. The Morgan fingerprint density at radius 3 is 2.07 bits per heavy atom. The summed E-state index contributed by atoms with van der Waals surface area (Å²) in [5, 5.41) is 27.2. The molecule has 13 heteroatoms. The number of aromatic amines is 1. The van der Waals surface area contributed by atoms with Gasteiger partial charge in [-0.25, -0.2) is 4.79 Å². The molecule has 0 saturated carbocycles. The number of para-hydroxylation sites is 1. The van der Waals surface area contributed by atoms with E-state index in [0.717, 1.165) is 16.5 Å². The number of carboxylic acid groups (broad SMARTS) is 2. The van der Waals surface area contributed by atoms with E-state index in [-0.39, 0.29) is 25.7 Å². The van der Waals surface area contributed by atoms with Gasteiger partial charge in [0.15, 0.2) is 0 Å². The number of aromatic nitrogens is 1. The number of nitrogens with one attached hydrogen (secondary N) is 4. The lowest BCUT2D eigenvalue weighted by atomic mass is 10.0. The second-order valence-electron chi connectivity index (χ2n) is 10.6. The molecule has 0 aliphatic heterocycles. The van der Waals surface area contributed by atoms with Crippen LogP contribution in [0.25, 0.3) is 10.9 Å². The first-order chi connectivity index (χ1) is 21.1. The number of unbranched alkanes of at least 4 members (excludes halogenated alkanes) is 1. The number of hydrogen-bond donors (Lipinski definition) is 8. The molecule has 0 aliphatic rings. The molecule has 3 amide bonds. The van der Waals surface area contributed by atoms with Crippen LogP contribution in [0.2, 0.25) is 0 Å². The number of hydrogen-bond acceptors (Lipinski definition) is 7. The van der Waals surface area contributed by atoms with Crippen molar-refractivity contribution in [1.29, 1.82) is 0 Å². The number of rotatable bonds is 18. The molecule has 4 unspecified atom stereocenters. The van der Waals surface area contributed by atoms with E-state index in [0.29, 0.717) is 24.9 Å². The number of carbonyl (C=O) groups is 5. The van der Waals surface area contributed by atoms with Gasteiger partial charge in [-0.05, 0) is 55.8 Å². The van der Waals surface area contributed by atoms with Gasteiger partial charge in [0.2, 0.25) is 17.7 Å². The van der Waals surface area contributed by atoms with Crippen molar-refractivity contribution in [2.75, 3.05) is 6.54 Å². The highest BCUT2D eigenvalue weighted by Gasteiger charge is 2.31. The number of H-pyrrole nitrogens is 1. The van der Waals surface area contributed by atoms with Gasteiger partial charge < -0.3 is 42.6 Å². The highest BCUT2D eigenvalue weighted by Crippen LogP contribution is 2.19. The summed E-state index contributed by atoms with van der Waals surface area (Å²) in [6.07, 6.45) is 2.45. The Hall–Kier alpha value is -4.75. The van der Waals surface area contributed by atoms with Gasteiger partial charge in [0.1, 0.15) is 18.1 Å². The van der Waals surface area contributed by atoms with Gasteiger partial charge in [-0.2, -0.15) is 0 Å². The maximum atomic E-state index is 13.6. The summed E-state index contributed by atoms with van der Waals surface area (Å²) in [4.78, 5) is 66.0. The molecule has 2 aromatic carbocycles. The minimum Gasteiger partial charge on any atom is -0.481 e. The van der Waals surface area contributed by atoms with E-state index >= 15 is 0 Å². The van der Waals surface area contributed by atoms with Crippen molar-refractivity contribution in [1.82, 2.24) is 20.9 Å². The SMILES string of the molecule is NCCCCC(NC(=O)C(N)Cc1ccccc1)C(=O)NC(Cc1c[nH]c2ccccc12)C(=O)NC(CCC(=O)O)C(=O)O. The third kappa shape index (κ3) is 10.2. The first kappa shape index (κ1) is 33.7. The average Bonchev–Trinajstić information content (AvgIpc) is 3.41. The Labute approximate surface area is 254 Å². The monoisotopic (exact) mass is 608 g/mol.